The summed E-state index contributed by atoms with van der Waals surface area (Å²) in [5.74, 6) is 0.937. The lowest BCUT2D eigenvalue weighted by Crippen LogP contribution is -1.97. The van der Waals surface area contributed by atoms with Crippen LogP contribution in [0.15, 0.2) is 35.9 Å². The first-order valence-electron chi connectivity index (χ1n) is 4.53. The van der Waals surface area contributed by atoms with E-state index in [1.165, 1.54) is 11.1 Å². The van der Waals surface area contributed by atoms with Gasteiger partial charge in [0.05, 0.1) is 0 Å². The molecule has 1 heteroatoms. The average molecular weight is 176 g/mol. The van der Waals surface area contributed by atoms with Crippen molar-refractivity contribution in [3.8, 4) is 5.75 Å². The van der Waals surface area contributed by atoms with Crippen LogP contribution in [0.3, 0.4) is 0 Å². The first-order valence-corrected chi connectivity index (χ1v) is 4.53. The van der Waals surface area contributed by atoms with Crippen molar-refractivity contribution in [1.82, 2.24) is 0 Å². The molecule has 0 bridgehead atoms. The van der Waals surface area contributed by atoms with Gasteiger partial charge < -0.3 is 4.74 Å². The third-order valence-corrected chi connectivity index (χ3v) is 1.98. The van der Waals surface area contributed by atoms with E-state index in [-0.39, 0.29) is 0 Å². The lowest BCUT2D eigenvalue weighted by molar-refractivity contribution is 0.352. The van der Waals surface area contributed by atoms with Crippen LogP contribution in [0.4, 0.5) is 0 Å². The van der Waals surface area contributed by atoms with E-state index < -0.39 is 0 Å². The van der Waals surface area contributed by atoms with Gasteiger partial charge in [-0.3, -0.25) is 0 Å². The molecule has 70 valence electrons. The summed E-state index contributed by atoms with van der Waals surface area (Å²) in [6, 6.07) is 8.11. The molecule has 0 saturated carbocycles. The van der Waals surface area contributed by atoms with E-state index in [1.54, 1.807) is 0 Å². The van der Waals surface area contributed by atoms with Gasteiger partial charge in [-0.1, -0.05) is 23.8 Å². The monoisotopic (exact) mass is 176 g/mol. The molecule has 1 aromatic carbocycles. The lowest BCUT2D eigenvalue weighted by Gasteiger charge is -2.05. The van der Waals surface area contributed by atoms with E-state index in [0.29, 0.717) is 6.61 Å². The molecule has 1 aromatic rings. The van der Waals surface area contributed by atoms with Gasteiger partial charge in [-0.05, 0) is 38.5 Å². The molecule has 0 aliphatic heterocycles. The zero-order valence-electron chi connectivity index (χ0n) is 8.50. The molecule has 13 heavy (non-hydrogen) atoms. The summed E-state index contributed by atoms with van der Waals surface area (Å²) in [7, 11) is 0. The summed E-state index contributed by atoms with van der Waals surface area (Å²) in [5, 5.41) is 0. The van der Waals surface area contributed by atoms with Crippen molar-refractivity contribution < 1.29 is 4.74 Å². The summed E-state index contributed by atoms with van der Waals surface area (Å²) >= 11 is 0. The van der Waals surface area contributed by atoms with Crippen LogP contribution in [0.25, 0.3) is 0 Å². The Labute approximate surface area is 80.0 Å². The number of hydrogen-bond acceptors (Lipinski definition) is 1. The molecule has 0 amide bonds. The Morgan fingerprint density at radius 1 is 1.31 bits per heavy atom. The van der Waals surface area contributed by atoms with Gasteiger partial charge in [0, 0.05) is 0 Å². The molecule has 0 fully saturated rings. The number of allylic oxidation sites excluding steroid dienone is 1. The van der Waals surface area contributed by atoms with E-state index in [4.69, 9.17) is 4.74 Å². The fourth-order valence-corrected chi connectivity index (χ4v) is 0.915. The van der Waals surface area contributed by atoms with Crippen LogP contribution in [0, 0.1) is 6.92 Å². The Bertz CT molecular complexity index is 282. The quantitative estimate of drug-likeness (QED) is 0.642. The van der Waals surface area contributed by atoms with Gasteiger partial charge in [0.25, 0.3) is 0 Å². The van der Waals surface area contributed by atoms with E-state index in [2.05, 4.69) is 32.1 Å². The molecule has 0 saturated heterocycles. The first kappa shape index (κ1) is 9.85. The fraction of sp³-hybridized carbons (Fsp3) is 0.333. The van der Waals surface area contributed by atoms with Crippen molar-refractivity contribution >= 4 is 0 Å². The van der Waals surface area contributed by atoms with Crippen molar-refractivity contribution in [2.75, 3.05) is 6.61 Å². The second kappa shape index (κ2) is 4.70. The van der Waals surface area contributed by atoms with Gasteiger partial charge >= 0.3 is 0 Å². The smallest absolute Gasteiger partial charge is 0.119 e. The van der Waals surface area contributed by atoms with E-state index in [0.717, 1.165) is 5.75 Å². The molecule has 0 heterocycles. The molecule has 1 nitrogen and oxygen atoms in total. The fourth-order valence-electron chi connectivity index (χ4n) is 0.915. The predicted molar refractivity (Wildman–Crippen MR) is 56.1 cm³/mol. The summed E-state index contributed by atoms with van der Waals surface area (Å²) in [6.07, 6.45) is 2.06. The van der Waals surface area contributed by atoms with Gasteiger partial charge in [-0.15, -0.1) is 0 Å². The highest BCUT2D eigenvalue weighted by Crippen LogP contribution is 2.12. The van der Waals surface area contributed by atoms with Crippen LogP contribution in [-0.2, 0) is 0 Å². The number of aryl methyl sites for hydroxylation is 1. The van der Waals surface area contributed by atoms with E-state index in [1.807, 2.05) is 19.1 Å². The topological polar surface area (TPSA) is 9.23 Å². The molecule has 0 unspecified atom stereocenters. The molecular weight excluding hydrogens is 160 g/mol. The zero-order valence-corrected chi connectivity index (χ0v) is 8.50. The molecule has 0 aromatic heterocycles. The SMILES string of the molecule is CC=C(C)COc1ccc(C)cc1. The largest absolute Gasteiger partial charge is 0.489 e. The third-order valence-electron chi connectivity index (χ3n) is 1.98. The summed E-state index contributed by atoms with van der Waals surface area (Å²) in [6.45, 7) is 6.84. The van der Waals surface area contributed by atoms with Gasteiger partial charge in [0.2, 0.25) is 0 Å². The average Bonchev–Trinajstić information content (AvgIpc) is 2.16. The van der Waals surface area contributed by atoms with Gasteiger partial charge in [-0.2, -0.15) is 0 Å². The zero-order chi connectivity index (χ0) is 9.68. The normalized spacial score (nSPS) is 11.5. The third kappa shape index (κ3) is 3.32. The van der Waals surface area contributed by atoms with Crippen LogP contribution < -0.4 is 4.74 Å². The number of benzene rings is 1. The Kier molecular flexibility index (Phi) is 3.56. The van der Waals surface area contributed by atoms with Crippen molar-refractivity contribution in [2.45, 2.75) is 20.8 Å². The summed E-state index contributed by atoms with van der Waals surface area (Å²) in [5.41, 5.74) is 2.51. The van der Waals surface area contributed by atoms with Crippen LogP contribution in [0.1, 0.15) is 19.4 Å². The Balaban J connectivity index is 2.51. The highest BCUT2D eigenvalue weighted by atomic mass is 16.5. The molecule has 0 atom stereocenters. The summed E-state index contributed by atoms with van der Waals surface area (Å²) in [4.78, 5) is 0. The lowest BCUT2D eigenvalue weighted by atomic mass is 10.2. The predicted octanol–water partition coefficient (Wildman–Crippen LogP) is 3.34. The van der Waals surface area contributed by atoms with Crippen molar-refractivity contribution in [3.05, 3.63) is 41.5 Å². The molecule has 0 N–H and O–H groups in total. The Hall–Kier alpha value is -1.24. The van der Waals surface area contributed by atoms with E-state index in [9.17, 15) is 0 Å². The molecule has 0 aliphatic rings. The minimum Gasteiger partial charge on any atom is -0.489 e. The maximum Gasteiger partial charge on any atom is 0.119 e. The summed E-state index contributed by atoms with van der Waals surface area (Å²) < 4.78 is 5.55. The van der Waals surface area contributed by atoms with Crippen LogP contribution in [0.5, 0.6) is 5.75 Å². The highest BCUT2D eigenvalue weighted by molar-refractivity contribution is 5.26. The Morgan fingerprint density at radius 2 is 1.92 bits per heavy atom. The minimum atomic E-state index is 0.680. The molecule has 0 aliphatic carbocycles. The highest BCUT2D eigenvalue weighted by Gasteiger charge is 1.92. The standard InChI is InChI=1S/C12H16O/c1-4-10(2)9-13-12-7-5-11(3)6-8-12/h4-8H,9H2,1-3H3. The maximum absolute atomic E-state index is 5.55. The van der Waals surface area contributed by atoms with Gasteiger partial charge in [-0.25, -0.2) is 0 Å². The number of hydrogen-bond donors (Lipinski definition) is 0. The second-order valence-corrected chi connectivity index (χ2v) is 3.24. The van der Waals surface area contributed by atoms with Crippen molar-refractivity contribution in [2.24, 2.45) is 0 Å². The van der Waals surface area contributed by atoms with Gasteiger partial charge in [0.15, 0.2) is 0 Å². The molecule has 1 rings (SSSR count). The van der Waals surface area contributed by atoms with Crippen molar-refractivity contribution in [3.63, 3.8) is 0 Å². The maximum atomic E-state index is 5.55. The Morgan fingerprint density at radius 3 is 2.46 bits per heavy atom. The van der Waals surface area contributed by atoms with Crippen LogP contribution in [0.2, 0.25) is 0 Å². The van der Waals surface area contributed by atoms with E-state index >= 15 is 0 Å². The molecule has 0 spiro atoms. The second-order valence-electron chi connectivity index (χ2n) is 3.24. The van der Waals surface area contributed by atoms with Crippen LogP contribution in [-0.4, -0.2) is 6.61 Å². The number of rotatable bonds is 3. The first-order chi connectivity index (χ1) is 6.22. The number of ether oxygens (including phenoxy) is 1. The molecule has 0 radical (unpaired) electrons. The van der Waals surface area contributed by atoms with Gasteiger partial charge in [0.1, 0.15) is 12.4 Å². The minimum absolute atomic E-state index is 0.680. The molecular formula is C12H16O. The van der Waals surface area contributed by atoms with Crippen molar-refractivity contribution in [1.29, 1.82) is 0 Å². The van der Waals surface area contributed by atoms with Crippen LogP contribution >= 0.6 is 0 Å².